The second-order valence-corrected chi connectivity index (χ2v) is 9.12. The molecule has 144 valence electrons. The van der Waals surface area contributed by atoms with Crippen molar-refractivity contribution in [1.82, 2.24) is 13.9 Å². The maximum absolute atomic E-state index is 12.5. The van der Waals surface area contributed by atoms with Crippen LogP contribution in [0.1, 0.15) is 60.4 Å². The molecule has 2 N–H and O–H groups in total. The lowest BCUT2D eigenvalue weighted by molar-refractivity contribution is 0.256. The van der Waals surface area contributed by atoms with Crippen LogP contribution in [0.5, 0.6) is 0 Å². The second-order valence-electron chi connectivity index (χ2n) is 7.60. The summed E-state index contributed by atoms with van der Waals surface area (Å²) < 4.78 is 27.8. The number of carbonyl (C=O) groups excluding carboxylic acids is 1. The lowest BCUT2D eigenvalue weighted by Crippen LogP contribution is -2.38. The summed E-state index contributed by atoms with van der Waals surface area (Å²) in [6.07, 6.45) is 8.93. The first kappa shape index (κ1) is 18.0. The highest BCUT2D eigenvalue weighted by atomic mass is 32.2. The Bertz CT molecular complexity index is 976. The number of nitrogens with one attached hydrogen (secondary N) is 2. The number of fused-ring (bicyclic) bond motifs is 2. The highest BCUT2D eigenvalue weighted by Crippen LogP contribution is 2.38. The van der Waals surface area contributed by atoms with Crippen LogP contribution in [0.4, 0.5) is 10.5 Å². The Balaban J connectivity index is 1.57. The number of anilines is 1. The third-order valence-corrected chi connectivity index (χ3v) is 6.56. The van der Waals surface area contributed by atoms with Gasteiger partial charge in [-0.3, -0.25) is 0 Å². The standard InChI is InChI=1S/C19H24N4O3S/c1-12(2)15-10-20-23(11-15)27(25,26)22-19(24)21-18-16-7-3-5-13(16)9-14-6-4-8-17(14)18/h9-12H,3-8H2,1-2H3,(H2,21,22,24). The van der Waals surface area contributed by atoms with E-state index in [4.69, 9.17) is 0 Å². The van der Waals surface area contributed by atoms with Crippen molar-refractivity contribution >= 4 is 21.9 Å². The molecule has 0 spiro atoms. The van der Waals surface area contributed by atoms with Crippen molar-refractivity contribution < 1.29 is 13.2 Å². The number of rotatable bonds is 4. The van der Waals surface area contributed by atoms with Gasteiger partial charge in [-0.2, -0.15) is 13.5 Å². The van der Waals surface area contributed by atoms with E-state index < -0.39 is 16.2 Å². The topological polar surface area (TPSA) is 93.1 Å². The van der Waals surface area contributed by atoms with Gasteiger partial charge in [-0.25, -0.2) is 9.52 Å². The van der Waals surface area contributed by atoms with Gasteiger partial charge in [0.05, 0.1) is 6.20 Å². The first-order valence-corrected chi connectivity index (χ1v) is 10.8. The summed E-state index contributed by atoms with van der Waals surface area (Å²) in [4.78, 5) is 12.5. The van der Waals surface area contributed by atoms with Gasteiger partial charge in [0.1, 0.15) is 0 Å². The van der Waals surface area contributed by atoms with Crippen LogP contribution in [-0.2, 0) is 35.9 Å². The molecule has 1 aromatic heterocycles. The Morgan fingerprint density at radius 3 is 2.30 bits per heavy atom. The normalized spacial score (nSPS) is 15.7. The number of carbonyl (C=O) groups is 1. The van der Waals surface area contributed by atoms with Gasteiger partial charge >= 0.3 is 16.2 Å². The third kappa shape index (κ3) is 3.34. The van der Waals surface area contributed by atoms with Gasteiger partial charge in [-0.1, -0.05) is 19.9 Å². The van der Waals surface area contributed by atoms with Crippen molar-refractivity contribution in [2.45, 2.75) is 58.3 Å². The summed E-state index contributed by atoms with van der Waals surface area (Å²) in [5.74, 6) is 0.150. The molecule has 0 unspecified atom stereocenters. The number of hydrogen-bond acceptors (Lipinski definition) is 4. The minimum absolute atomic E-state index is 0.150. The minimum atomic E-state index is -4.08. The van der Waals surface area contributed by atoms with Gasteiger partial charge in [0.2, 0.25) is 0 Å². The van der Waals surface area contributed by atoms with E-state index in [2.05, 4.69) is 21.2 Å². The lowest BCUT2D eigenvalue weighted by Gasteiger charge is -2.16. The molecule has 0 saturated heterocycles. The van der Waals surface area contributed by atoms with Crippen molar-refractivity contribution in [2.75, 3.05) is 5.32 Å². The number of benzene rings is 1. The Morgan fingerprint density at radius 2 is 1.74 bits per heavy atom. The molecule has 27 heavy (non-hydrogen) atoms. The monoisotopic (exact) mass is 388 g/mol. The van der Waals surface area contributed by atoms with Crippen molar-refractivity contribution in [3.05, 3.63) is 46.3 Å². The number of aromatic nitrogens is 2. The lowest BCUT2D eigenvalue weighted by atomic mass is 9.99. The summed E-state index contributed by atoms with van der Waals surface area (Å²) in [6, 6.07) is 1.52. The fourth-order valence-electron chi connectivity index (χ4n) is 4.02. The molecule has 0 bridgehead atoms. The van der Waals surface area contributed by atoms with E-state index >= 15 is 0 Å². The van der Waals surface area contributed by atoms with Crippen molar-refractivity contribution in [1.29, 1.82) is 0 Å². The van der Waals surface area contributed by atoms with E-state index in [1.165, 1.54) is 23.5 Å². The van der Waals surface area contributed by atoms with Crippen LogP contribution >= 0.6 is 0 Å². The van der Waals surface area contributed by atoms with Crippen molar-refractivity contribution in [3.8, 4) is 0 Å². The maximum atomic E-state index is 12.5. The minimum Gasteiger partial charge on any atom is -0.307 e. The van der Waals surface area contributed by atoms with Gasteiger partial charge in [0.25, 0.3) is 0 Å². The van der Waals surface area contributed by atoms with Gasteiger partial charge in [0.15, 0.2) is 0 Å². The van der Waals surface area contributed by atoms with Crippen molar-refractivity contribution in [2.24, 2.45) is 0 Å². The predicted molar refractivity (Wildman–Crippen MR) is 103 cm³/mol. The second kappa shape index (κ2) is 6.67. The summed E-state index contributed by atoms with van der Waals surface area (Å²) in [5.41, 5.74) is 6.48. The van der Waals surface area contributed by atoms with E-state index in [9.17, 15) is 13.2 Å². The molecule has 2 aliphatic carbocycles. The van der Waals surface area contributed by atoms with Crippen LogP contribution in [0.25, 0.3) is 0 Å². The molecule has 0 saturated carbocycles. The molecule has 2 aromatic rings. The Hall–Kier alpha value is -2.35. The molecule has 0 radical (unpaired) electrons. The number of aryl methyl sites for hydroxylation is 2. The van der Waals surface area contributed by atoms with Gasteiger partial charge < -0.3 is 5.32 Å². The highest BCUT2D eigenvalue weighted by molar-refractivity contribution is 7.88. The SMILES string of the molecule is CC(C)c1cnn(S(=O)(=O)NC(=O)Nc2c3c(cc4c2CCC4)CCC3)c1. The summed E-state index contributed by atoms with van der Waals surface area (Å²) in [5, 5.41) is 6.70. The Morgan fingerprint density at radius 1 is 1.11 bits per heavy atom. The zero-order chi connectivity index (χ0) is 19.2. The quantitative estimate of drug-likeness (QED) is 0.842. The van der Waals surface area contributed by atoms with Crippen molar-refractivity contribution in [3.63, 3.8) is 0 Å². The zero-order valence-corrected chi connectivity index (χ0v) is 16.4. The van der Waals surface area contributed by atoms with Crippen LogP contribution in [0, 0.1) is 0 Å². The highest BCUT2D eigenvalue weighted by Gasteiger charge is 2.26. The smallest absolute Gasteiger partial charge is 0.307 e. The molecule has 4 rings (SSSR count). The van der Waals surface area contributed by atoms with Gasteiger partial charge in [-0.05, 0) is 72.3 Å². The molecule has 0 atom stereocenters. The van der Waals surface area contributed by atoms with Crippen LogP contribution in [-0.4, -0.2) is 23.6 Å². The first-order valence-electron chi connectivity index (χ1n) is 9.40. The number of amides is 2. The van der Waals surface area contributed by atoms with E-state index in [0.29, 0.717) is 0 Å². The van der Waals surface area contributed by atoms with Crippen LogP contribution in [0.3, 0.4) is 0 Å². The number of hydrogen-bond donors (Lipinski definition) is 2. The van der Waals surface area contributed by atoms with Crippen LogP contribution in [0.15, 0.2) is 18.5 Å². The number of urea groups is 1. The molecule has 2 amide bonds. The van der Waals surface area contributed by atoms with Crippen LogP contribution in [0.2, 0.25) is 0 Å². The summed E-state index contributed by atoms with van der Waals surface area (Å²) >= 11 is 0. The van der Waals surface area contributed by atoms with Crippen LogP contribution < -0.4 is 10.0 Å². The predicted octanol–water partition coefficient (Wildman–Crippen LogP) is 2.90. The molecular formula is C19H24N4O3S. The molecule has 7 nitrogen and oxygen atoms in total. The average Bonchev–Trinajstić information content (AvgIpc) is 3.34. The zero-order valence-electron chi connectivity index (χ0n) is 15.6. The van der Waals surface area contributed by atoms with E-state index in [-0.39, 0.29) is 5.92 Å². The Kier molecular flexibility index (Phi) is 4.46. The van der Waals surface area contributed by atoms with Gasteiger partial charge in [-0.15, -0.1) is 4.09 Å². The fraction of sp³-hybridized carbons (Fsp3) is 0.474. The molecule has 2 aliphatic rings. The largest absolute Gasteiger partial charge is 0.346 e. The molecule has 8 heteroatoms. The van der Waals surface area contributed by atoms with Gasteiger partial charge in [0, 0.05) is 11.9 Å². The molecular weight excluding hydrogens is 364 g/mol. The average molecular weight is 388 g/mol. The summed E-state index contributed by atoms with van der Waals surface area (Å²) in [6.45, 7) is 3.90. The van der Waals surface area contributed by atoms with E-state index in [1.54, 1.807) is 0 Å². The maximum Gasteiger partial charge on any atom is 0.346 e. The molecule has 0 aliphatic heterocycles. The number of nitrogens with zero attached hydrogens (tertiary/aromatic N) is 2. The Labute approximate surface area is 159 Å². The molecule has 1 aromatic carbocycles. The first-order chi connectivity index (χ1) is 12.8. The molecule has 0 fully saturated rings. The van der Waals surface area contributed by atoms with E-state index in [0.717, 1.165) is 65.0 Å². The van der Waals surface area contributed by atoms with E-state index in [1.807, 2.05) is 13.8 Å². The third-order valence-electron chi connectivity index (χ3n) is 5.43. The summed E-state index contributed by atoms with van der Waals surface area (Å²) in [7, 11) is -4.08. The fourth-order valence-corrected chi connectivity index (χ4v) is 4.83. The molecule has 1 heterocycles.